The lowest BCUT2D eigenvalue weighted by Gasteiger charge is -2.39. The van der Waals surface area contributed by atoms with Crippen LogP contribution >= 0.6 is 0 Å². The van der Waals surface area contributed by atoms with E-state index in [1.54, 1.807) is 0 Å². The number of piperidine rings is 1. The molecule has 2 aromatic rings. The summed E-state index contributed by atoms with van der Waals surface area (Å²) >= 11 is 0. The van der Waals surface area contributed by atoms with Gasteiger partial charge in [-0.2, -0.15) is 0 Å². The number of fused-ring (bicyclic) bond motifs is 1. The first-order chi connectivity index (χ1) is 15.0. The van der Waals surface area contributed by atoms with Crippen LogP contribution in [0.15, 0.2) is 30.5 Å². The lowest BCUT2D eigenvalue weighted by molar-refractivity contribution is -0.140. The molecule has 166 valence electrons. The van der Waals surface area contributed by atoms with Crippen LogP contribution in [0.25, 0.3) is 10.9 Å². The van der Waals surface area contributed by atoms with Gasteiger partial charge in [-0.05, 0) is 43.4 Å². The van der Waals surface area contributed by atoms with Crippen molar-refractivity contribution in [2.24, 2.45) is 5.41 Å². The number of amides is 2. The Morgan fingerprint density at radius 3 is 2.61 bits per heavy atom. The van der Waals surface area contributed by atoms with Crippen LogP contribution in [-0.4, -0.2) is 90.5 Å². The minimum Gasteiger partial charge on any atom is -0.378 e. The largest absolute Gasteiger partial charge is 0.378 e. The van der Waals surface area contributed by atoms with Crippen LogP contribution < -0.4 is 0 Å². The number of rotatable bonds is 3. The van der Waals surface area contributed by atoms with Crippen LogP contribution in [0.3, 0.4) is 0 Å². The third-order valence-electron chi connectivity index (χ3n) is 7.54. The van der Waals surface area contributed by atoms with Gasteiger partial charge in [-0.15, -0.1) is 0 Å². The molecule has 3 saturated heterocycles. The summed E-state index contributed by atoms with van der Waals surface area (Å²) in [7, 11) is 2.08. The molecule has 31 heavy (non-hydrogen) atoms. The summed E-state index contributed by atoms with van der Waals surface area (Å²) in [5.41, 5.74) is 2.30. The average molecular weight is 425 g/mol. The highest BCUT2D eigenvalue weighted by atomic mass is 16.5. The number of carbonyl (C=O) groups is 2. The Morgan fingerprint density at radius 1 is 1.10 bits per heavy atom. The minimum absolute atomic E-state index is 0.0356. The molecule has 0 bridgehead atoms. The third-order valence-corrected chi connectivity index (χ3v) is 7.54. The molecule has 0 aliphatic carbocycles. The molecule has 5 rings (SSSR count). The number of likely N-dealkylation sites (N-methyl/N-ethyl adjacent to an activating group) is 1. The molecule has 1 N–H and O–H groups in total. The second-order valence-electron chi connectivity index (χ2n) is 9.49. The van der Waals surface area contributed by atoms with Gasteiger partial charge in [0.2, 0.25) is 11.8 Å². The zero-order valence-electron chi connectivity index (χ0n) is 18.3. The zero-order valence-corrected chi connectivity index (χ0v) is 18.3. The van der Waals surface area contributed by atoms with Crippen molar-refractivity contribution in [3.63, 3.8) is 0 Å². The quantitative estimate of drug-likeness (QED) is 0.817. The lowest BCUT2D eigenvalue weighted by Crippen LogP contribution is -2.48. The molecular weight excluding hydrogens is 392 g/mol. The second kappa shape index (κ2) is 8.28. The fraction of sp³-hybridized carbons (Fsp3) is 0.583. The van der Waals surface area contributed by atoms with Gasteiger partial charge >= 0.3 is 0 Å². The fourth-order valence-corrected chi connectivity index (χ4v) is 5.69. The van der Waals surface area contributed by atoms with E-state index in [9.17, 15) is 9.59 Å². The maximum atomic E-state index is 13.1. The average Bonchev–Trinajstić information content (AvgIpc) is 3.35. The van der Waals surface area contributed by atoms with Gasteiger partial charge in [-0.1, -0.05) is 18.2 Å². The molecular formula is C24H32N4O3. The van der Waals surface area contributed by atoms with Crippen LogP contribution in [0.5, 0.6) is 0 Å². The van der Waals surface area contributed by atoms with Crippen LogP contribution in [0.2, 0.25) is 0 Å². The van der Waals surface area contributed by atoms with Crippen molar-refractivity contribution in [3.05, 3.63) is 36.0 Å². The first-order valence-corrected chi connectivity index (χ1v) is 11.4. The first-order valence-electron chi connectivity index (χ1n) is 11.4. The number of likely N-dealkylation sites (tertiary alicyclic amines) is 2. The Bertz CT molecular complexity index is 957. The van der Waals surface area contributed by atoms with Crippen molar-refractivity contribution in [1.82, 2.24) is 19.7 Å². The SMILES string of the molecule is CN1CC2(CCN(C(=O)Cc3c[nH]c4ccccc34)CC2)C[C@H]1C(=O)N1CCOCC1. The van der Waals surface area contributed by atoms with Gasteiger partial charge in [0, 0.05) is 49.8 Å². The molecule has 0 radical (unpaired) electrons. The van der Waals surface area contributed by atoms with Gasteiger partial charge in [0.05, 0.1) is 25.7 Å². The topological polar surface area (TPSA) is 68.9 Å². The number of aromatic amines is 1. The predicted octanol–water partition coefficient (Wildman–Crippen LogP) is 1.88. The summed E-state index contributed by atoms with van der Waals surface area (Å²) in [5.74, 6) is 0.451. The number of nitrogens with one attached hydrogen (secondary N) is 1. The van der Waals surface area contributed by atoms with Crippen LogP contribution in [0.1, 0.15) is 24.8 Å². The van der Waals surface area contributed by atoms with Crippen molar-refractivity contribution in [3.8, 4) is 0 Å². The van der Waals surface area contributed by atoms with E-state index in [2.05, 4.69) is 23.0 Å². The molecule has 1 atom stereocenters. The maximum Gasteiger partial charge on any atom is 0.240 e. The molecule has 3 fully saturated rings. The number of hydrogen-bond acceptors (Lipinski definition) is 4. The number of benzene rings is 1. The van der Waals surface area contributed by atoms with Gasteiger partial charge in [-0.3, -0.25) is 14.5 Å². The molecule has 1 aromatic carbocycles. The number of aromatic nitrogens is 1. The van der Waals surface area contributed by atoms with Gasteiger partial charge in [0.15, 0.2) is 0 Å². The Hall–Kier alpha value is -2.38. The Kier molecular flexibility index (Phi) is 5.48. The van der Waals surface area contributed by atoms with E-state index in [0.717, 1.165) is 55.4 Å². The number of carbonyl (C=O) groups excluding carboxylic acids is 2. The minimum atomic E-state index is -0.0356. The molecule has 2 amide bonds. The molecule has 7 nitrogen and oxygen atoms in total. The van der Waals surface area contributed by atoms with Gasteiger partial charge in [0.25, 0.3) is 0 Å². The Balaban J connectivity index is 1.19. The van der Waals surface area contributed by atoms with Crippen molar-refractivity contribution in [2.45, 2.75) is 31.7 Å². The Morgan fingerprint density at radius 2 is 1.84 bits per heavy atom. The van der Waals surface area contributed by atoms with Crippen LogP contribution in [-0.2, 0) is 20.7 Å². The molecule has 3 aliphatic rings. The number of H-pyrrole nitrogens is 1. The van der Waals surface area contributed by atoms with Gasteiger partial charge < -0.3 is 19.5 Å². The van der Waals surface area contributed by atoms with Crippen molar-refractivity contribution in [2.75, 3.05) is 53.0 Å². The highest BCUT2D eigenvalue weighted by Gasteiger charge is 2.48. The molecule has 4 heterocycles. The number of hydrogen-bond donors (Lipinski definition) is 1. The summed E-state index contributed by atoms with van der Waals surface area (Å²) in [6, 6.07) is 8.09. The fourth-order valence-electron chi connectivity index (χ4n) is 5.69. The van der Waals surface area contributed by atoms with E-state index in [1.807, 2.05) is 34.2 Å². The van der Waals surface area contributed by atoms with E-state index >= 15 is 0 Å². The zero-order chi connectivity index (χ0) is 21.4. The summed E-state index contributed by atoms with van der Waals surface area (Å²) in [5, 5.41) is 1.13. The second-order valence-corrected chi connectivity index (χ2v) is 9.49. The first kappa shape index (κ1) is 20.5. The maximum absolute atomic E-state index is 13.1. The lowest BCUT2D eigenvalue weighted by atomic mass is 9.76. The summed E-state index contributed by atoms with van der Waals surface area (Å²) in [6.45, 7) is 5.19. The summed E-state index contributed by atoms with van der Waals surface area (Å²) in [6.07, 6.45) is 5.26. The van der Waals surface area contributed by atoms with Crippen molar-refractivity contribution >= 4 is 22.7 Å². The summed E-state index contributed by atoms with van der Waals surface area (Å²) < 4.78 is 5.40. The molecule has 0 saturated carbocycles. The monoisotopic (exact) mass is 424 g/mol. The number of morpholine rings is 1. The normalized spacial score (nSPS) is 24.2. The van der Waals surface area contributed by atoms with E-state index in [0.29, 0.717) is 32.7 Å². The van der Waals surface area contributed by atoms with Gasteiger partial charge in [-0.25, -0.2) is 0 Å². The van der Waals surface area contributed by atoms with E-state index in [1.165, 1.54) is 0 Å². The van der Waals surface area contributed by atoms with E-state index < -0.39 is 0 Å². The van der Waals surface area contributed by atoms with E-state index in [4.69, 9.17) is 4.74 Å². The van der Waals surface area contributed by atoms with Gasteiger partial charge in [0.1, 0.15) is 0 Å². The Labute approximate surface area is 183 Å². The molecule has 1 spiro atoms. The summed E-state index contributed by atoms with van der Waals surface area (Å²) in [4.78, 5) is 35.5. The molecule has 1 aromatic heterocycles. The highest BCUT2D eigenvalue weighted by Crippen LogP contribution is 2.43. The standard InChI is InChI=1S/C24H32N4O3/c1-26-17-24(15-21(26)23(30)28-10-12-31-13-11-28)6-8-27(9-7-24)22(29)14-18-16-25-20-5-3-2-4-19(18)20/h2-5,16,21,25H,6-15,17H2,1H3/t21-/m0/s1. The number of ether oxygens (including phenoxy) is 1. The van der Waals surface area contributed by atoms with Crippen molar-refractivity contribution in [1.29, 1.82) is 0 Å². The predicted molar refractivity (Wildman–Crippen MR) is 119 cm³/mol. The highest BCUT2D eigenvalue weighted by molar-refractivity contribution is 5.89. The molecule has 0 unspecified atom stereocenters. The molecule has 3 aliphatic heterocycles. The molecule has 7 heteroatoms. The number of para-hydroxylation sites is 1. The third kappa shape index (κ3) is 3.96. The van der Waals surface area contributed by atoms with E-state index in [-0.39, 0.29) is 23.3 Å². The van der Waals surface area contributed by atoms with Crippen LogP contribution in [0.4, 0.5) is 0 Å². The van der Waals surface area contributed by atoms with Crippen LogP contribution in [0, 0.1) is 5.41 Å². The number of nitrogens with zero attached hydrogens (tertiary/aromatic N) is 3. The van der Waals surface area contributed by atoms with Crippen molar-refractivity contribution < 1.29 is 14.3 Å². The smallest absolute Gasteiger partial charge is 0.240 e.